The van der Waals surface area contributed by atoms with Crippen molar-refractivity contribution in [3.63, 3.8) is 0 Å². The van der Waals surface area contributed by atoms with Crippen molar-refractivity contribution in [3.8, 4) is 0 Å². The third-order valence-corrected chi connectivity index (χ3v) is 5.67. The maximum Gasteiger partial charge on any atom is 0.0449 e. The molecule has 1 saturated carbocycles. The average molecular weight is 286 g/mol. The molecule has 1 atom stereocenters. The second-order valence-electron chi connectivity index (χ2n) is 7.03. The molecule has 1 spiro atoms. The predicted octanol–water partition coefficient (Wildman–Crippen LogP) is 3.99. The van der Waals surface area contributed by atoms with E-state index in [1.807, 2.05) is 0 Å². The van der Waals surface area contributed by atoms with Gasteiger partial charge in [0.1, 0.15) is 0 Å². The molecule has 116 valence electrons. The highest BCUT2D eigenvalue weighted by Gasteiger charge is 2.37. The normalized spacial score (nSPS) is 23.5. The van der Waals surface area contributed by atoms with Crippen LogP contribution in [0.2, 0.25) is 0 Å². The number of benzene rings is 1. The van der Waals surface area contributed by atoms with Crippen LogP contribution >= 0.6 is 0 Å². The first-order valence-corrected chi connectivity index (χ1v) is 8.82. The van der Waals surface area contributed by atoms with Crippen LogP contribution in [-0.2, 0) is 0 Å². The Morgan fingerprint density at radius 1 is 1.05 bits per heavy atom. The van der Waals surface area contributed by atoms with Gasteiger partial charge >= 0.3 is 0 Å². The molecule has 1 aliphatic heterocycles. The largest absolute Gasteiger partial charge is 0.309 e. The minimum absolute atomic E-state index is 0.480. The third kappa shape index (κ3) is 3.67. The van der Waals surface area contributed by atoms with Crippen molar-refractivity contribution in [2.75, 3.05) is 26.2 Å². The van der Waals surface area contributed by atoms with Crippen LogP contribution in [0.25, 0.3) is 0 Å². The zero-order valence-electron chi connectivity index (χ0n) is 13.5. The van der Waals surface area contributed by atoms with Gasteiger partial charge in [0.15, 0.2) is 0 Å². The Balaban J connectivity index is 1.57. The fourth-order valence-electron chi connectivity index (χ4n) is 4.31. The lowest BCUT2D eigenvalue weighted by atomic mass is 9.77. The summed E-state index contributed by atoms with van der Waals surface area (Å²) in [5.74, 6) is 0. The molecule has 0 radical (unpaired) electrons. The van der Waals surface area contributed by atoms with Crippen LogP contribution in [0.1, 0.15) is 57.1 Å². The number of hydrogen-bond donors (Lipinski definition) is 1. The van der Waals surface area contributed by atoms with Gasteiger partial charge in [-0.1, -0.05) is 50.1 Å². The molecule has 1 aliphatic carbocycles. The van der Waals surface area contributed by atoms with Crippen molar-refractivity contribution in [1.29, 1.82) is 0 Å². The van der Waals surface area contributed by atoms with Crippen molar-refractivity contribution in [2.45, 2.75) is 51.5 Å². The summed E-state index contributed by atoms with van der Waals surface area (Å²) in [4.78, 5) is 2.68. The Labute approximate surface area is 129 Å². The number of likely N-dealkylation sites (N-methyl/N-ethyl adjacent to an activating group) is 1. The van der Waals surface area contributed by atoms with Crippen LogP contribution in [-0.4, -0.2) is 31.1 Å². The van der Waals surface area contributed by atoms with Crippen molar-refractivity contribution in [3.05, 3.63) is 35.9 Å². The molecular weight excluding hydrogens is 256 g/mol. The molecule has 0 aromatic heterocycles. The van der Waals surface area contributed by atoms with Crippen molar-refractivity contribution < 1.29 is 0 Å². The van der Waals surface area contributed by atoms with E-state index in [1.54, 1.807) is 0 Å². The molecule has 1 aromatic carbocycles. The van der Waals surface area contributed by atoms with Gasteiger partial charge in [-0.3, -0.25) is 0 Å². The Kier molecular flexibility index (Phi) is 4.97. The molecule has 2 nitrogen and oxygen atoms in total. The minimum atomic E-state index is 0.480. The van der Waals surface area contributed by atoms with Crippen LogP contribution in [0, 0.1) is 5.41 Å². The van der Waals surface area contributed by atoms with Crippen LogP contribution in [0.4, 0.5) is 0 Å². The molecule has 0 amide bonds. The van der Waals surface area contributed by atoms with Gasteiger partial charge in [-0.05, 0) is 56.3 Å². The Morgan fingerprint density at radius 2 is 1.71 bits per heavy atom. The molecular formula is C19H30N2. The van der Waals surface area contributed by atoms with E-state index in [4.69, 9.17) is 0 Å². The standard InChI is InChI=1S/C19H30N2/c1-2-20-18(17-8-4-3-5-9-17)16-21-14-12-19(13-15-21)10-6-7-11-19/h3-5,8-9,18,20H,2,6-7,10-16H2,1H3. The molecule has 3 rings (SSSR count). The van der Waals surface area contributed by atoms with Crippen molar-refractivity contribution in [2.24, 2.45) is 5.41 Å². The Hall–Kier alpha value is -0.860. The van der Waals surface area contributed by atoms with Gasteiger partial charge in [0.05, 0.1) is 0 Å². The van der Waals surface area contributed by atoms with E-state index in [9.17, 15) is 0 Å². The summed E-state index contributed by atoms with van der Waals surface area (Å²) in [6, 6.07) is 11.4. The second-order valence-corrected chi connectivity index (χ2v) is 7.03. The van der Waals surface area contributed by atoms with Crippen LogP contribution < -0.4 is 5.32 Å². The summed E-state index contributed by atoms with van der Waals surface area (Å²) in [5.41, 5.74) is 2.16. The number of likely N-dealkylation sites (tertiary alicyclic amines) is 1. The fourth-order valence-corrected chi connectivity index (χ4v) is 4.31. The molecule has 1 aromatic rings. The first-order chi connectivity index (χ1) is 10.3. The summed E-state index contributed by atoms with van der Waals surface area (Å²) >= 11 is 0. The topological polar surface area (TPSA) is 15.3 Å². The monoisotopic (exact) mass is 286 g/mol. The molecule has 1 heterocycles. The van der Waals surface area contributed by atoms with E-state index in [2.05, 4.69) is 47.5 Å². The summed E-state index contributed by atoms with van der Waals surface area (Å²) in [5, 5.41) is 3.67. The smallest absolute Gasteiger partial charge is 0.0449 e. The van der Waals surface area contributed by atoms with Gasteiger partial charge in [0, 0.05) is 12.6 Å². The number of nitrogens with zero attached hydrogens (tertiary/aromatic N) is 1. The second kappa shape index (κ2) is 6.93. The molecule has 1 N–H and O–H groups in total. The first-order valence-electron chi connectivity index (χ1n) is 8.82. The molecule has 2 aliphatic rings. The van der Waals surface area contributed by atoms with E-state index >= 15 is 0 Å². The zero-order valence-corrected chi connectivity index (χ0v) is 13.5. The van der Waals surface area contributed by atoms with Crippen molar-refractivity contribution in [1.82, 2.24) is 10.2 Å². The van der Waals surface area contributed by atoms with Gasteiger partial charge in [-0.15, -0.1) is 0 Å². The first kappa shape index (κ1) is 15.1. The zero-order chi connectivity index (χ0) is 14.5. The number of nitrogens with one attached hydrogen (secondary N) is 1. The van der Waals surface area contributed by atoms with Gasteiger partial charge in [-0.25, -0.2) is 0 Å². The number of rotatable bonds is 5. The van der Waals surface area contributed by atoms with Crippen LogP contribution in [0.15, 0.2) is 30.3 Å². The molecule has 2 fully saturated rings. The molecule has 1 saturated heterocycles. The van der Waals surface area contributed by atoms with Crippen molar-refractivity contribution >= 4 is 0 Å². The lowest BCUT2D eigenvalue weighted by molar-refractivity contribution is 0.101. The highest BCUT2D eigenvalue weighted by atomic mass is 15.2. The highest BCUT2D eigenvalue weighted by molar-refractivity contribution is 5.19. The summed E-state index contributed by atoms with van der Waals surface area (Å²) in [6.45, 7) is 7.01. The Morgan fingerprint density at radius 3 is 2.33 bits per heavy atom. The maximum absolute atomic E-state index is 3.67. The molecule has 2 heteroatoms. The quantitative estimate of drug-likeness (QED) is 0.880. The highest BCUT2D eigenvalue weighted by Crippen LogP contribution is 2.46. The third-order valence-electron chi connectivity index (χ3n) is 5.67. The maximum atomic E-state index is 3.67. The number of hydrogen-bond acceptors (Lipinski definition) is 2. The van der Waals surface area contributed by atoms with Crippen LogP contribution in [0.5, 0.6) is 0 Å². The summed E-state index contributed by atoms with van der Waals surface area (Å²) in [7, 11) is 0. The van der Waals surface area contributed by atoms with E-state index < -0.39 is 0 Å². The van der Waals surface area contributed by atoms with E-state index in [0.29, 0.717) is 6.04 Å². The lowest BCUT2D eigenvalue weighted by Gasteiger charge is -2.40. The SMILES string of the molecule is CCNC(CN1CCC2(CCCC2)CC1)c1ccccc1. The number of piperidine rings is 1. The van der Waals surface area contributed by atoms with Crippen LogP contribution in [0.3, 0.4) is 0 Å². The predicted molar refractivity (Wildman–Crippen MR) is 89.4 cm³/mol. The van der Waals surface area contributed by atoms with Gasteiger partial charge < -0.3 is 10.2 Å². The molecule has 1 unspecified atom stereocenters. The molecule has 0 bridgehead atoms. The Bertz CT molecular complexity index is 412. The molecule has 21 heavy (non-hydrogen) atoms. The van der Waals surface area contributed by atoms with Gasteiger partial charge in [-0.2, -0.15) is 0 Å². The van der Waals surface area contributed by atoms with E-state index in [-0.39, 0.29) is 0 Å². The van der Waals surface area contributed by atoms with E-state index in [0.717, 1.165) is 18.5 Å². The minimum Gasteiger partial charge on any atom is -0.309 e. The average Bonchev–Trinajstić information content (AvgIpc) is 2.98. The van der Waals surface area contributed by atoms with E-state index in [1.165, 1.54) is 57.2 Å². The fraction of sp³-hybridized carbons (Fsp3) is 0.684. The summed E-state index contributed by atoms with van der Waals surface area (Å²) < 4.78 is 0. The van der Waals surface area contributed by atoms with Gasteiger partial charge in [0.2, 0.25) is 0 Å². The van der Waals surface area contributed by atoms with Gasteiger partial charge in [0.25, 0.3) is 0 Å². The lowest BCUT2D eigenvalue weighted by Crippen LogP contribution is -2.43. The summed E-state index contributed by atoms with van der Waals surface area (Å²) in [6.07, 6.45) is 8.81.